The van der Waals surface area contributed by atoms with Gasteiger partial charge in [0.2, 0.25) is 0 Å². The van der Waals surface area contributed by atoms with Gasteiger partial charge in [-0.25, -0.2) is 0 Å². The summed E-state index contributed by atoms with van der Waals surface area (Å²) in [6.07, 6.45) is 5.66. The number of rotatable bonds is 4. The van der Waals surface area contributed by atoms with Gasteiger partial charge in [0.1, 0.15) is 0 Å². The molecular formula is C18H29N. The minimum atomic E-state index is 0.472. The molecule has 1 fully saturated rings. The van der Waals surface area contributed by atoms with Crippen LogP contribution in [0.2, 0.25) is 0 Å². The monoisotopic (exact) mass is 259 g/mol. The maximum atomic E-state index is 3.75. The van der Waals surface area contributed by atoms with E-state index >= 15 is 0 Å². The minimum absolute atomic E-state index is 0.472. The third-order valence-electron chi connectivity index (χ3n) is 4.75. The zero-order chi connectivity index (χ0) is 13.8. The van der Waals surface area contributed by atoms with Crippen molar-refractivity contribution < 1.29 is 0 Å². The maximum Gasteiger partial charge on any atom is 0.0294 e. The van der Waals surface area contributed by atoms with E-state index in [0.29, 0.717) is 6.04 Å². The smallest absolute Gasteiger partial charge is 0.0294 e. The van der Waals surface area contributed by atoms with Crippen LogP contribution in [0.4, 0.5) is 0 Å². The third-order valence-corrected chi connectivity index (χ3v) is 4.75. The molecule has 1 N–H and O–H groups in total. The van der Waals surface area contributed by atoms with E-state index in [0.717, 1.165) is 11.8 Å². The van der Waals surface area contributed by atoms with Gasteiger partial charge in [0.15, 0.2) is 0 Å². The van der Waals surface area contributed by atoms with Gasteiger partial charge in [-0.05, 0) is 63.1 Å². The van der Waals surface area contributed by atoms with E-state index in [1.165, 1.54) is 48.9 Å². The summed E-state index contributed by atoms with van der Waals surface area (Å²) in [6.45, 7) is 10.3. The van der Waals surface area contributed by atoms with Crippen molar-refractivity contribution in [3.8, 4) is 0 Å². The van der Waals surface area contributed by atoms with E-state index in [1.807, 2.05) is 0 Å². The van der Waals surface area contributed by atoms with Crippen molar-refractivity contribution in [1.29, 1.82) is 0 Å². The summed E-state index contributed by atoms with van der Waals surface area (Å²) in [7, 11) is 0. The predicted octanol–water partition coefficient (Wildman–Crippen LogP) is 4.78. The quantitative estimate of drug-likeness (QED) is 0.820. The van der Waals surface area contributed by atoms with Gasteiger partial charge in [-0.2, -0.15) is 0 Å². The lowest BCUT2D eigenvalue weighted by Gasteiger charge is -2.28. The van der Waals surface area contributed by atoms with Gasteiger partial charge in [-0.1, -0.05) is 43.5 Å². The third kappa shape index (κ3) is 4.07. The summed E-state index contributed by atoms with van der Waals surface area (Å²) in [5, 5.41) is 3.75. The van der Waals surface area contributed by atoms with Crippen LogP contribution in [0.1, 0.15) is 62.3 Å². The first kappa shape index (κ1) is 14.6. The first-order valence-corrected chi connectivity index (χ1v) is 7.86. The van der Waals surface area contributed by atoms with Crippen LogP contribution in [-0.4, -0.2) is 6.54 Å². The van der Waals surface area contributed by atoms with Crippen LogP contribution in [0, 0.1) is 25.7 Å². The summed E-state index contributed by atoms with van der Waals surface area (Å²) in [5.74, 6) is 1.84. The number of hydrogen-bond donors (Lipinski definition) is 1. The number of benzene rings is 1. The molecule has 0 amide bonds. The molecule has 0 bridgehead atoms. The average Bonchev–Trinajstić information content (AvgIpc) is 2.40. The molecule has 1 atom stereocenters. The molecule has 106 valence electrons. The summed E-state index contributed by atoms with van der Waals surface area (Å²) in [5.41, 5.74) is 4.23. The van der Waals surface area contributed by atoms with Crippen LogP contribution in [0.3, 0.4) is 0 Å². The van der Waals surface area contributed by atoms with Crippen LogP contribution < -0.4 is 5.32 Å². The molecule has 0 spiro atoms. The van der Waals surface area contributed by atoms with Crippen molar-refractivity contribution >= 4 is 0 Å². The highest BCUT2D eigenvalue weighted by atomic mass is 14.9. The minimum Gasteiger partial charge on any atom is -0.310 e. The van der Waals surface area contributed by atoms with Crippen molar-refractivity contribution in [2.24, 2.45) is 11.8 Å². The van der Waals surface area contributed by atoms with E-state index < -0.39 is 0 Å². The van der Waals surface area contributed by atoms with E-state index in [9.17, 15) is 0 Å². The highest BCUT2D eigenvalue weighted by Gasteiger charge is 2.19. The molecule has 1 unspecified atom stereocenters. The summed E-state index contributed by atoms with van der Waals surface area (Å²) in [4.78, 5) is 0. The molecule has 1 nitrogen and oxygen atoms in total. The second-order valence-corrected chi connectivity index (χ2v) is 6.62. The second-order valence-electron chi connectivity index (χ2n) is 6.62. The molecular weight excluding hydrogens is 230 g/mol. The van der Waals surface area contributed by atoms with Gasteiger partial charge < -0.3 is 5.32 Å². The van der Waals surface area contributed by atoms with Crippen LogP contribution >= 0.6 is 0 Å². The fraction of sp³-hybridized carbons (Fsp3) is 0.667. The first-order chi connectivity index (χ1) is 9.06. The fourth-order valence-corrected chi connectivity index (χ4v) is 3.21. The Bertz CT molecular complexity index is 402. The first-order valence-electron chi connectivity index (χ1n) is 7.86. The molecule has 2 rings (SSSR count). The van der Waals surface area contributed by atoms with Crippen molar-refractivity contribution in [1.82, 2.24) is 5.32 Å². The lowest BCUT2D eigenvalue weighted by Crippen LogP contribution is -2.28. The van der Waals surface area contributed by atoms with Gasteiger partial charge in [-0.3, -0.25) is 0 Å². The Morgan fingerprint density at radius 1 is 1.16 bits per heavy atom. The fourth-order valence-electron chi connectivity index (χ4n) is 3.21. The highest BCUT2D eigenvalue weighted by molar-refractivity contribution is 5.32. The zero-order valence-corrected chi connectivity index (χ0v) is 13.0. The molecule has 1 aromatic rings. The van der Waals surface area contributed by atoms with Crippen LogP contribution in [0.5, 0.6) is 0 Å². The molecule has 1 heteroatoms. The Balaban J connectivity index is 1.87. The Morgan fingerprint density at radius 2 is 1.84 bits per heavy atom. The molecule has 0 aliphatic heterocycles. The van der Waals surface area contributed by atoms with E-state index in [2.05, 4.69) is 51.2 Å². The largest absolute Gasteiger partial charge is 0.310 e. The van der Waals surface area contributed by atoms with E-state index in [-0.39, 0.29) is 0 Å². The van der Waals surface area contributed by atoms with E-state index in [1.54, 1.807) is 0 Å². The van der Waals surface area contributed by atoms with Crippen molar-refractivity contribution in [2.75, 3.05) is 6.54 Å². The molecule has 1 aliphatic carbocycles. The van der Waals surface area contributed by atoms with Gasteiger partial charge in [0, 0.05) is 6.04 Å². The lowest BCUT2D eigenvalue weighted by molar-refractivity contribution is 0.276. The number of aryl methyl sites for hydroxylation is 2. The normalized spacial score (nSPS) is 25.3. The molecule has 0 heterocycles. The Hall–Kier alpha value is -0.820. The van der Waals surface area contributed by atoms with Gasteiger partial charge in [0.25, 0.3) is 0 Å². The van der Waals surface area contributed by atoms with E-state index in [4.69, 9.17) is 0 Å². The maximum absolute atomic E-state index is 3.75. The second kappa shape index (κ2) is 6.56. The highest BCUT2D eigenvalue weighted by Crippen LogP contribution is 2.28. The van der Waals surface area contributed by atoms with Crippen molar-refractivity contribution in [3.63, 3.8) is 0 Å². The van der Waals surface area contributed by atoms with Crippen molar-refractivity contribution in [3.05, 3.63) is 34.9 Å². The molecule has 1 saturated carbocycles. The Labute approximate surface area is 118 Å². The zero-order valence-electron chi connectivity index (χ0n) is 13.0. The molecule has 0 aromatic heterocycles. The van der Waals surface area contributed by atoms with Crippen molar-refractivity contribution in [2.45, 2.75) is 59.4 Å². The molecule has 0 radical (unpaired) electrons. The van der Waals surface area contributed by atoms with Gasteiger partial charge in [-0.15, -0.1) is 0 Å². The molecule has 19 heavy (non-hydrogen) atoms. The topological polar surface area (TPSA) is 12.0 Å². The summed E-state index contributed by atoms with van der Waals surface area (Å²) < 4.78 is 0. The Kier molecular flexibility index (Phi) is 5.04. The predicted molar refractivity (Wildman–Crippen MR) is 83.5 cm³/mol. The lowest BCUT2D eigenvalue weighted by atomic mass is 9.83. The summed E-state index contributed by atoms with van der Waals surface area (Å²) in [6, 6.07) is 7.24. The molecule has 0 saturated heterocycles. The average molecular weight is 259 g/mol. The van der Waals surface area contributed by atoms with Crippen LogP contribution in [0.25, 0.3) is 0 Å². The van der Waals surface area contributed by atoms with Gasteiger partial charge in [0.05, 0.1) is 0 Å². The number of nitrogens with one attached hydrogen (secondary N) is 1. The number of hydrogen-bond acceptors (Lipinski definition) is 1. The SMILES string of the molecule is Cc1ccc(C)c(C(C)NCC2CCC(C)CC2)c1. The van der Waals surface area contributed by atoms with Gasteiger partial charge >= 0.3 is 0 Å². The van der Waals surface area contributed by atoms with Crippen LogP contribution in [-0.2, 0) is 0 Å². The van der Waals surface area contributed by atoms with Crippen LogP contribution in [0.15, 0.2) is 18.2 Å². The molecule has 1 aromatic carbocycles. The Morgan fingerprint density at radius 3 is 2.53 bits per heavy atom. The summed E-state index contributed by atoms with van der Waals surface area (Å²) >= 11 is 0. The standard InChI is InChI=1S/C18H29N/c1-13-6-9-17(10-7-13)12-19-16(4)18-11-14(2)5-8-15(18)3/h5,8,11,13,16-17,19H,6-7,9-10,12H2,1-4H3. The molecule has 1 aliphatic rings.